The van der Waals surface area contributed by atoms with Crippen molar-refractivity contribution in [1.29, 1.82) is 0 Å². The zero-order valence-electron chi connectivity index (χ0n) is 17.5. The molecule has 0 bridgehead atoms. The predicted octanol–water partition coefficient (Wildman–Crippen LogP) is 4.28. The number of aryl methyl sites for hydroxylation is 1. The van der Waals surface area contributed by atoms with E-state index in [4.69, 9.17) is 16.3 Å². The highest BCUT2D eigenvalue weighted by molar-refractivity contribution is 6.31. The number of amides is 2. The molecule has 0 aromatic heterocycles. The topological polar surface area (TPSA) is 58.6 Å². The maximum Gasteiger partial charge on any atom is 0.261 e. The van der Waals surface area contributed by atoms with Gasteiger partial charge in [-0.15, -0.1) is 0 Å². The largest absolute Gasteiger partial charge is 0.483 e. The van der Waals surface area contributed by atoms with Crippen LogP contribution in [-0.4, -0.2) is 35.9 Å². The molecule has 0 saturated heterocycles. The van der Waals surface area contributed by atoms with E-state index in [1.807, 2.05) is 57.2 Å². The van der Waals surface area contributed by atoms with Gasteiger partial charge in [0.15, 0.2) is 6.61 Å². The maximum atomic E-state index is 13.0. The third-order valence-electron chi connectivity index (χ3n) is 4.92. The van der Waals surface area contributed by atoms with Crippen molar-refractivity contribution in [3.05, 3.63) is 64.2 Å². The number of halogens is 1. The standard InChI is InChI=1S/C23H29ClN2O3/c1-5-13-25-23(28)18(4)26(14-19-10-6-7-11-20(19)24)22(27)15-29-21-12-8-9-16(2)17(21)3/h6-12,18H,5,13-15H2,1-4H3,(H,25,28). The van der Waals surface area contributed by atoms with Crippen LogP contribution in [0.25, 0.3) is 0 Å². The van der Waals surface area contributed by atoms with Crippen molar-refractivity contribution in [2.24, 2.45) is 0 Å². The summed E-state index contributed by atoms with van der Waals surface area (Å²) in [7, 11) is 0. The van der Waals surface area contributed by atoms with Crippen LogP contribution in [0.15, 0.2) is 42.5 Å². The van der Waals surface area contributed by atoms with Crippen molar-refractivity contribution in [3.8, 4) is 5.75 Å². The van der Waals surface area contributed by atoms with Crippen LogP contribution in [-0.2, 0) is 16.1 Å². The number of carbonyl (C=O) groups is 2. The number of hydrogen-bond acceptors (Lipinski definition) is 3. The average molecular weight is 417 g/mol. The van der Waals surface area contributed by atoms with Crippen molar-refractivity contribution < 1.29 is 14.3 Å². The van der Waals surface area contributed by atoms with Gasteiger partial charge in [0.2, 0.25) is 5.91 Å². The summed E-state index contributed by atoms with van der Waals surface area (Å²) in [6.07, 6.45) is 0.826. The Morgan fingerprint density at radius 2 is 1.86 bits per heavy atom. The fraction of sp³-hybridized carbons (Fsp3) is 0.391. The summed E-state index contributed by atoms with van der Waals surface area (Å²) in [4.78, 5) is 27.1. The number of rotatable bonds is 9. The molecule has 2 rings (SSSR count). The molecule has 0 aliphatic rings. The molecule has 1 atom stereocenters. The summed E-state index contributed by atoms with van der Waals surface area (Å²) < 4.78 is 5.78. The smallest absolute Gasteiger partial charge is 0.261 e. The molecule has 1 N–H and O–H groups in total. The molecule has 1 unspecified atom stereocenters. The van der Waals surface area contributed by atoms with E-state index in [0.29, 0.717) is 17.3 Å². The summed E-state index contributed by atoms with van der Waals surface area (Å²) in [5.41, 5.74) is 2.87. The van der Waals surface area contributed by atoms with Crippen LogP contribution in [0.1, 0.15) is 37.0 Å². The molecule has 0 aliphatic carbocycles. The molecule has 0 saturated carbocycles. The zero-order chi connectivity index (χ0) is 21.4. The van der Waals surface area contributed by atoms with Crippen LogP contribution in [0, 0.1) is 13.8 Å². The van der Waals surface area contributed by atoms with E-state index in [-0.39, 0.29) is 25.0 Å². The van der Waals surface area contributed by atoms with Crippen molar-refractivity contribution in [2.75, 3.05) is 13.2 Å². The maximum absolute atomic E-state index is 13.0. The highest BCUT2D eigenvalue weighted by Crippen LogP contribution is 2.22. The summed E-state index contributed by atoms with van der Waals surface area (Å²) in [6, 6.07) is 12.4. The average Bonchev–Trinajstić information content (AvgIpc) is 2.71. The van der Waals surface area contributed by atoms with E-state index in [1.54, 1.807) is 13.0 Å². The second-order valence-corrected chi connectivity index (χ2v) is 7.47. The van der Waals surface area contributed by atoms with Crippen LogP contribution in [0.4, 0.5) is 0 Å². The minimum Gasteiger partial charge on any atom is -0.483 e. The van der Waals surface area contributed by atoms with Gasteiger partial charge >= 0.3 is 0 Å². The van der Waals surface area contributed by atoms with Crippen LogP contribution < -0.4 is 10.1 Å². The number of benzene rings is 2. The van der Waals surface area contributed by atoms with Crippen molar-refractivity contribution >= 4 is 23.4 Å². The molecule has 0 fully saturated rings. The normalized spacial score (nSPS) is 11.6. The van der Waals surface area contributed by atoms with Crippen LogP contribution in [0.5, 0.6) is 5.75 Å². The minimum atomic E-state index is -0.646. The third kappa shape index (κ3) is 6.23. The lowest BCUT2D eigenvalue weighted by Gasteiger charge is -2.29. The molecule has 2 aromatic rings. The van der Waals surface area contributed by atoms with Gasteiger partial charge in [-0.2, -0.15) is 0 Å². The Bertz CT molecular complexity index is 854. The van der Waals surface area contributed by atoms with Gasteiger partial charge in [-0.05, 0) is 56.0 Å². The molecular weight excluding hydrogens is 388 g/mol. The second kappa shape index (κ2) is 10.9. The SMILES string of the molecule is CCCNC(=O)C(C)N(Cc1ccccc1Cl)C(=O)COc1cccc(C)c1C. The molecule has 2 aromatic carbocycles. The molecule has 0 radical (unpaired) electrons. The van der Waals surface area contributed by atoms with E-state index >= 15 is 0 Å². The number of nitrogens with zero attached hydrogens (tertiary/aromatic N) is 1. The quantitative estimate of drug-likeness (QED) is 0.663. The van der Waals surface area contributed by atoms with Gasteiger partial charge in [-0.3, -0.25) is 9.59 Å². The summed E-state index contributed by atoms with van der Waals surface area (Å²) in [5.74, 6) is 0.197. The van der Waals surface area contributed by atoms with Gasteiger partial charge in [0.1, 0.15) is 11.8 Å². The number of hydrogen-bond donors (Lipinski definition) is 1. The Balaban J connectivity index is 2.18. The summed E-state index contributed by atoms with van der Waals surface area (Å²) in [6.45, 7) is 8.30. The number of carbonyl (C=O) groups excluding carboxylic acids is 2. The minimum absolute atomic E-state index is 0.153. The van der Waals surface area contributed by atoms with E-state index in [9.17, 15) is 9.59 Å². The fourth-order valence-electron chi connectivity index (χ4n) is 2.89. The molecule has 0 aliphatic heterocycles. The Morgan fingerprint density at radius 3 is 2.55 bits per heavy atom. The lowest BCUT2D eigenvalue weighted by Crippen LogP contribution is -2.49. The summed E-state index contributed by atoms with van der Waals surface area (Å²) >= 11 is 6.28. The van der Waals surface area contributed by atoms with Crippen molar-refractivity contribution in [1.82, 2.24) is 10.2 Å². The van der Waals surface area contributed by atoms with E-state index in [1.165, 1.54) is 4.90 Å². The van der Waals surface area contributed by atoms with Gasteiger partial charge in [0, 0.05) is 18.1 Å². The summed E-state index contributed by atoms with van der Waals surface area (Å²) in [5, 5.41) is 3.41. The monoisotopic (exact) mass is 416 g/mol. The third-order valence-corrected chi connectivity index (χ3v) is 5.29. The number of ether oxygens (including phenoxy) is 1. The van der Waals surface area contributed by atoms with E-state index in [2.05, 4.69) is 5.32 Å². The van der Waals surface area contributed by atoms with Crippen LogP contribution in [0.2, 0.25) is 5.02 Å². The molecule has 0 heterocycles. The predicted molar refractivity (Wildman–Crippen MR) is 116 cm³/mol. The lowest BCUT2D eigenvalue weighted by molar-refractivity contribution is -0.142. The fourth-order valence-corrected chi connectivity index (χ4v) is 3.09. The van der Waals surface area contributed by atoms with E-state index in [0.717, 1.165) is 23.1 Å². The Morgan fingerprint density at radius 1 is 1.14 bits per heavy atom. The number of nitrogens with one attached hydrogen (secondary N) is 1. The van der Waals surface area contributed by atoms with Crippen LogP contribution in [0.3, 0.4) is 0 Å². The van der Waals surface area contributed by atoms with Crippen molar-refractivity contribution in [2.45, 2.75) is 46.7 Å². The first-order valence-electron chi connectivity index (χ1n) is 9.84. The second-order valence-electron chi connectivity index (χ2n) is 7.07. The first kappa shape index (κ1) is 22.8. The Hall–Kier alpha value is -2.53. The molecule has 29 heavy (non-hydrogen) atoms. The van der Waals surface area contributed by atoms with Crippen molar-refractivity contribution in [3.63, 3.8) is 0 Å². The molecule has 0 spiro atoms. The zero-order valence-corrected chi connectivity index (χ0v) is 18.3. The molecule has 5 nitrogen and oxygen atoms in total. The Labute approximate surface area is 178 Å². The first-order chi connectivity index (χ1) is 13.8. The molecule has 2 amide bonds. The highest BCUT2D eigenvalue weighted by atomic mass is 35.5. The first-order valence-corrected chi connectivity index (χ1v) is 10.2. The molecule has 6 heteroatoms. The van der Waals surface area contributed by atoms with E-state index < -0.39 is 6.04 Å². The molecule has 156 valence electrons. The van der Waals surface area contributed by atoms with Crippen LogP contribution >= 0.6 is 11.6 Å². The van der Waals surface area contributed by atoms with Gasteiger partial charge in [0.05, 0.1) is 0 Å². The van der Waals surface area contributed by atoms with Gasteiger partial charge < -0.3 is 15.0 Å². The molecular formula is C23H29ClN2O3. The van der Waals surface area contributed by atoms with Gasteiger partial charge in [-0.25, -0.2) is 0 Å². The highest BCUT2D eigenvalue weighted by Gasteiger charge is 2.27. The lowest BCUT2D eigenvalue weighted by atomic mass is 10.1. The van der Waals surface area contributed by atoms with Gasteiger partial charge in [-0.1, -0.05) is 48.9 Å². The Kier molecular flexibility index (Phi) is 8.52. The van der Waals surface area contributed by atoms with Gasteiger partial charge in [0.25, 0.3) is 5.91 Å².